The molecular formula is C16H29ClN4. The predicted octanol–water partition coefficient (Wildman–Crippen LogP) is 2.85. The van der Waals surface area contributed by atoms with Gasteiger partial charge in [0.15, 0.2) is 0 Å². The maximum Gasteiger partial charge on any atom is 0.0764 e. The Bertz CT molecular complexity index is 420. The molecule has 5 heteroatoms. The van der Waals surface area contributed by atoms with Crippen molar-refractivity contribution in [3.63, 3.8) is 0 Å². The summed E-state index contributed by atoms with van der Waals surface area (Å²) in [6.07, 6.45) is 7.58. The lowest BCUT2D eigenvalue weighted by atomic mass is 10.0. The Hall–Kier alpha value is -0.580. The molecule has 1 aliphatic carbocycles. The Morgan fingerprint density at radius 3 is 2.52 bits per heavy atom. The van der Waals surface area contributed by atoms with Gasteiger partial charge in [-0.25, -0.2) is 0 Å². The van der Waals surface area contributed by atoms with Crippen LogP contribution in [0.1, 0.15) is 51.3 Å². The molecule has 2 heterocycles. The summed E-state index contributed by atoms with van der Waals surface area (Å²) in [6, 6.07) is 3.37. The molecule has 0 spiro atoms. The van der Waals surface area contributed by atoms with E-state index in [-0.39, 0.29) is 12.4 Å². The first-order valence-electron chi connectivity index (χ1n) is 8.20. The lowest BCUT2D eigenvalue weighted by Gasteiger charge is -2.32. The summed E-state index contributed by atoms with van der Waals surface area (Å²) in [6.45, 7) is 9.02. The van der Waals surface area contributed by atoms with Gasteiger partial charge in [0.25, 0.3) is 0 Å². The Morgan fingerprint density at radius 1 is 1.24 bits per heavy atom. The van der Waals surface area contributed by atoms with Crippen molar-refractivity contribution in [2.45, 2.75) is 58.2 Å². The minimum Gasteiger partial charge on any atom is -0.314 e. The quantitative estimate of drug-likeness (QED) is 0.877. The fourth-order valence-electron chi connectivity index (χ4n) is 2.93. The molecule has 0 bridgehead atoms. The third-order valence-electron chi connectivity index (χ3n) is 4.56. The van der Waals surface area contributed by atoms with Crippen LogP contribution in [0.5, 0.6) is 0 Å². The molecule has 1 N–H and O–H groups in total. The Morgan fingerprint density at radius 2 is 1.95 bits per heavy atom. The van der Waals surface area contributed by atoms with Crippen LogP contribution < -0.4 is 5.32 Å². The van der Waals surface area contributed by atoms with Crippen LogP contribution in [0.2, 0.25) is 0 Å². The van der Waals surface area contributed by atoms with Gasteiger partial charge in [-0.05, 0) is 58.1 Å². The van der Waals surface area contributed by atoms with E-state index < -0.39 is 0 Å². The standard InChI is InChI=1S/C16H28N4.ClH/c1-13(2)20-10-7-16(18-20)12-19-8-5-15(6-9-19)17-11-14-3-4-14;/h7,10,13-15,17H,3-6,8-9,11-12H2,1-2H3;1H. The van der Waals surface area contributed by atoms with E-state index in [1.165, 1.54) is 51.0 Å². The first-order chi connectivity index (χ1) is 9.70. The van der Waals surface area contributed by atoms with Gasteiger partial charge in [0.2, 0.25) is 0 Å². The average molecular weight is 313 g/mol. The molecule has 1 aliphatic heterocycles. The lowest BCUT2D eigenvalue weighted by molar-refractivity contribution is 0.187. The number of aromatic nitrogens is 2. The smallest absolute Gasteiger partial charge is 0.0764 e. The number of halogens is 1. The Labute approximate surface area is 134 Å². The summed E-state index contributed by atoms with van der Waals surface area (Å²) in [5.74, 6) is 0.994. The van der Waals surface area contributed by atoms with Gasteiger partial charge in [0, 0.05) is 37.9 Å². The maximum absolute atomic E-state index is 4.65. The van der Waals surface area contributed by atoms with Crippen LogP contribution in [0.15, 0.2) is 12.3 Å². The van der Waals surface area contributed by atoms with Gasteiger partial charge in [0.1, 0.15) is 0 Å². The molecule has 0 radical (unpaired) electrons. The van der Waals surface area contributed by atoms with Crippen LogP contribution in [0, 0.1) is 5.92 Å². The molecule has 21 heavy (non-hydrogen) atoms. The first-order valence-corrected chi connectivity index (χ1v) is 8.20. The van der Waals surface area contributed by atoms with Crippen molar-refractivity contribution in [3.05, 3.63) is 18.0 Å². The lowest BCUT2D eigenvalue weighted by Crippen LogP contribution is -2.42. The molecule has 120 valence electrons. The Kier molecular flexibility index (Phi) is 6.08. The summed E-state index contributed by atoms with van der Waals surface area (Å²) < 4.78 is 2.05. The van der Waals surface area contributed by atoms with Crippen LogP contribution in [-0.2, 0) is 6.54 Å². The predicted molar refractivity (Wildman–Crippen MR) is 88.9 cm³/mol. The van der Waals surface area contributed by atoms with E-state index in [0.29, 0.717) is 6.04 Å². The second-order valence-electron chi connectivity index (χ2n) is 6.78. The van der Waals surface area contributed by atoms with Gasteiger partial charge in [-0.3, -0.25) is 9.58 Å². The number of rotatable bonds is 6. The number of piperidine rings is 1. The van der Waals surface area contributed by atoms with Crippen molar-refractivity contribution >= 4 is 12.4 Å². The highest BCUT2D eigenvalue weighted by atomic mass is 35.5. The highest BCUT2D eigenvalue weighted by molar-refractivity contribution is 5.85. The number of hydrogen-bond donors (Lipinski definition) is 1. The van der Waals surface area contributed by atoms with Crippen LogP contribution >= 0.6 is 12.4 Å². The molecule has 1 saturated carbocycles. The van der Waals surface area contributed by atoms with Crippen molar-refractivity contribution in [1.29, 1.82) is 0 Å². The topological polar surface area (TPSA) is 33.1 Å². The molecule has 0 unspecified atom stereocenters. The molecule has 4 nitrogen and oxygen atoms in total. The van der Waals surface area contributed by atoms with Crippen LogP contribution in [0.3, 0.4) is 0 Å². The van der Waals surface area contributed by atoms with E-state index >= 15 is 0 Å². The molecule has 2 fully saturated rings. The van der Waals surface area contributed by atoms with Gasteiger partial charge in [0.05, 0.1) is 5.69 Å². The maximum atomic E-state index is 4.65. The second-order valence-corrected chi connectivity index (χ2v) is 6.78. The number of nitrogens with one attached hydrogen (secondary N) is 1. The zero-order valence-electron chi connectivity index (χ0n) is 13.3. The average Bonchev–Trinajstić information content (AvgIpc) is 3.15. The summed E-state index contributed by atoms with van der Waals surface area (Å²) in [5.41, 5.74) is 1.21. The number of nitrogens with zero attached hydrogens (tertiary/aromatic N) is 3. The molecule has 0 amide bonds. The van der Waals surface area contributed by atoms with Crippen LogP contribution in [-0.4, -0.2) is 40.4 Å². The van der Waals surface area contributed by atoms with Crippen molar-refractivity contribution in [2.24, 2.45) is 5.92 Å². The molecule has 0 aromatic carbocycles. The summed E-state index contributed by atoms with van der Waals surface area (Å²) in [5, 5.41) is 8.39. The fourth-order valence-corrected chi connectivity index (χ4v) is 2.93. The van der Waals surface area contributed by atoms with Gasteiger partial charge in [-0.15, -0.1) is 12.4 Å². The van der Waals surface area contributed by atoms with Gasteiger partial charge >= 0.3 is 0 Å². The molecule has 2 aliphatic rings. The summed E-state index contributed by atoms with van der Waals surface area (Å²) in [4.78, 5) is 2.54. The summed E-state index contributed by atoms with van der Waals surface area (Å²) in [7, 11) is 0. The number of hydrogen-bond acceptors (Lipinski definition) is 3. The van der Waals surface area contributed by atoms with E-state index in [1.54, 1.807) is 0 Å². The molecular weight excluding hydrogens is 284 g/mol. The van der Waals surface area contributed by atoms with Gasteiger partial charge < -0.3 is 5.32 Å². The van der Waals surface area contributed by atoms with Crippen molar-refractivity contribution in [3.8, 4) is 0 Å². The van der Waals surface area contributed by atoms with Crippen molar-refractivity contribution in [1.82, 2.24) is 20.0 Å². The normalized spacial score (nSPS) is 20.7. The minimum atomic E-state index is 0. The third-order valence-corrected chi connectivity index (χ3v) is 4.56. The fraction of sp³-hybridized carbons (Fsp3) is 0.812. The largest absolute Gasteiger partial charge is 0.314 e. The highest BCUT2D eigenvalue weighted by Gasteiger charge is 2.24. The van der Waals surface area contributed by atoms with E-state index in [1.807, 2.05) is 0 Å². The monoisotopic (exact) mass is 312 g/mol. The van der Waals surface area contributed by atoms with E-state index in [4.69, 9.17) is 0 Å². The molecule has 1 aromatic rings. The van der Waals surface area contributed by atoms with Crippen LogP contribution in [0.4, 0.5) is 0 Å². The first kappa shape index (κ1) is 16.8. The highest BCUT2D eigenvalue weighted by Crippen LogP contribution is 2.28. The van der Waals surface area contributed by atoms with Crippen molar-refractivity contribution in [2.75, 3.05) is 19.6 Å². The van der Waals surface area contributed by atoms with Gasteiger partial charge in [-0.2, -0.15) is 5.10 Å². The molecule has 0 atom stereocenters. The van der Waals surface area contributed by atoms with Gasteiger partial charge in [-0.1, -0.05) is 0 Å². The number of likely N-dealkylation sites (tertiary alicyclic amines) is 1. The molecule has 3 rings (SSSR count). The Balaban J connectivity index is 0.00000161. The zero-order chi connectivity index (χ0) is 13.9. The summed E-state index contributed by atoms with van der Waals surface area (Å²) >= 11 is 0. The van der Waals surface area contributed by atoms with E-state index in [0.717, 1.165) is 18.5 Å². The van der Waals surface area contributed by atoms with E-state index in [9.17, 15) is 0 Å². The van der Waals surface area contributed by atoms with E-state index in [2.05, 4.69) is 46.1 Å². The second kappa shape index (κ2) is 7.61. The SMILES string of the molecule is CC(C)n1ccc(CN2CCC(NCC3CC3)CC2)n1.Cl. The third kappa shape index (κ3) is 4.97. The van der Waals surface area contributed by atoms with Crippen molar-refractivity contribution < 1.29 is 0 Å². The molecule has 1 aromatic heterocycles. The van der Waals surface area contributed by atoms with Crippen LogP contribution in [0.25, 0.3) is 0 Å². The molecule has 1 saturated heterocycles. The minimum absolute atomic E-state index is 0. The zero-order valence-corrected chi connectivity index (χ0v) is 14.1.